The van der Waals surface area contributed by atoms with Crippen molar-refractivity contribution in [1.29, 1.82) is 0 Å². The minimum absolute atomic E-state index is 0.119. The van der Waals surface area contributed by atoms with Gasteiger partial charge in [-0.05, 0) is 42.5 Å². The maximum absolute atomic E-state index is 13.2. The van der Waals surface area contributed by atoms with Gasteiger partial charge in [-0.3, -0.25) is 9.36 Å². The van der Waals surface area contributed by atoms with E-state index in [1.54, 1.807) is 18.6 Å². The zero-order chi connectivity index (χ0) is 22.0. The average molecular weight is 438 g/mol. The van der Waals surface area contributed by atoms with Gasteiger partial charge in [0.15, 0.2) is 9.84 Å². The van der Waals surface area contributed by atoms with Crippen LogP contribution in [-0.2, 0) is 22.3 Å². The molecule has 31 heavy (non-hydrogen) atoms. The summed E-state index contributed by atoms with van der Waals surface area (Å²) in [5.74, 6) is 1.45. The second kappa shape index (κ2) is 6.65. The standard InChI is InChI=1S/C22H23N5O3S/c1-14-10-22(11-14,21-25-24-13-26(21)2)15-5-4-6-16(9-15)27-12-18(31(3,29)30)17-7-8-23-19(17)20(27)28/h4-9,12-14,23H,10-11H2,1-3H3/t14-,22+. The van der Waals surface area contributed by atoms with Crippen molar-refractivity contribution in [3.63, 3.8) is 0 Å². The Morgan fingerprint density at radius 3 is 2.65 bits per heavy atom. The van der Waals surface area contributed by atoms with Crippen LogP contribution in [0.1, 0.15) is 31.2 Å². The molecule has 3 aromatic heterocycles. The van der Waals surface area contributed by atoms with E-state index in [1.807, 2.05) is 35.9 Å². The van der Waals surface area contributed by atoms with E-state index in [1.165, 1.54) is 10.8 Å². The first-order chi connectivity index (χ1) is 14.7. The number of benzene rings is 1. The zero-order valence-electron chi connectivity index (χ0n) is 17.5. The van der Waals surface area contributed by atoms with Crippen molar-refractivity contribution >= 4 is 20.7 Å². The first-order valence-electron chi connectivity index (χ1n) is 10.1. The number of aromatic nitrogens is 5. The van der Waals surface area contributed by atoms with Crippen LogP contribution in [0.15, 0.2) is 58.7 Å². The van der Waals surface area contributed by atoms with Gasteiger partial charge in [0, 0.05) is 36.8 Å². The van der Waals surface area contributed by atoms with Crippen molar-refractivity contribution in [1.82, 2.24) is 24.3 Å². The molecule has 160 valence electrons. The van der Waals surface area contributed by atoms with Gasteiger partial charge in [-0.1, -0.05) is 19.1 Å². The molecule has 0 atom stereocenters. The van der Waals surface area contributed by atoms with E-state index in [0.29, 0.717) is 17.0 Å². The molecular weight excluding hydrogens is 414 g/mol. The maximum atomic E-state index is 13.2. The van der Waals surface area contributed by atoms with Crippen molar-refractivity contribution in [3.8, 4) is 5.69 Å². The smallest absolute Gasteiger partial charge is 0.279 e. The molecule has 0 unspecified atom stereocenters. The molecular formula is C22H23N5O3S. The van der Waals surface area contributed by atoms with Gasteiger partial charge in [-0.15, -0.1) is 10.2 Å². The second-order valence-corrected chi connectivity index (χ2v) is 10.6. The number of nitrogens with one attached hydrogen (secondary N) is 1. The quantitative estimate of drug-likeness (QED) is 0.529. The van der Waals surface area contributed by atoms with Crippen molar-refractivity contribution in [2.75, 3.05) is 6.26 Å². The van der Waals surface area contributed by atoms with Gasteiger partial charge in [-0.25, -0.2) is 8.42 Å². The lowest BCUT2D eigenvalue weighted by Gasteiger charge is -2.46. The van der Waals surface area contributed by atoms with Crippen LogP contribution in [0.25, 0.3) is 16.6 Å². The lowest BCUT2D eigenvalue weighted by Crippen LogP contribution is -2.43. The Balaban J connectivity index is 1.72. The predicted octanol–water partition coefficient (Wildman–Crippen LogP) is 2.57. The first-order valence-corrected chi connectivity index (χ1v) is 12.0. The van der Waals surface area contributed by atoms with Crippen LogP contribution in [0, 0.1) is 5.92 Å². The molecule has 1 aliphatic rings. The molecule has 0 bridgehead atoms. The Morgan fingerprint density at radius 1 is 1.23 bits per heavy atom. The molecule has 0 amide bonds. The highest BCUT2D eigenvalue weighted by atomic mass is 32.2. The molecule has 1 aromatic carbocycles. The number of hydrogen-bond acceptors (Lipinski definition) is 5. The van der Waals surface area contributed by atoms with Gasteiger partial charge >= 0.3 is 0 Å². The van der Waals surface area contributed by atoms with Gasteiger partial charge in [0.2, 0.25) is 0 Å². The number of nitrogens with zero attached hydrogens (tertiary/aromatic N) is 4. The van der Waals surface area contributed by atoms with E-state index in [0.717, 1.165) is 30.5 Å². The van der Waals surface area contributed by atoms with E-state index in [4.69, 9.17) is 0 Å². The largest absolute Gasteiger partial charge is 0.357 e. The number of H-pyrrole nitrogens is 1. The Kier molecular flexibility index (Phi) is 4.23. The van der Waals surface area contributed by atoms with Gasteiger partial charge in [0.05, 0.1) is 10.3 Å². The maximum Gasteiger partial charge on any atom is 0.279 e. The van der Waals surface area contributed by atoms with E-state index in [-0.39, 0.29) is 21.4 Å². The lowest BCUT2D eigenvalue weighted by molar-refractivity contribution is 0.185. The third kappa shape index (κ3) is 2.95. The Bertz CT molecular complexity index is 1470. The molecule has 1 N–H and O–H groups in total. The number of fused-ring (bicyclic) bond motifs is 1. The van der Waals surface area contributed by atoms with Crippen LogP contribution in [0.2, 0.25) is 0 Å². The minimum atomic E-state index is -3.53. The van der Waals surface area contributed by atoms with Crippen LogP contribution < -0.4 is 5.56 Å². The topological polar surface area (TPSA) is 103 Å². The number of hydrogen-bond donors (Lipinski definition) is 1. The molecule has 5 rings (SSSR count). The van der Waals surface area contributed by atoms with Crippen molar-refractivity contribution in [2.24, 2.45) is 13.0 Å². The monoisotopic (exact) mass is 437 g/mol. The average Bonchev–Trinajstić information content (AvgIpc) is 3.34. The first kappa shape index (κ1) is 19.7. The minimum Gasteiger partial charge on any atom is -0.357 e. The highest BCUT2D eigenvalue weighted by Gasteiger charge is 2.48. The van der Waals surface area contributed by atoms with Crippen LogP contribution >= 0.6 is 0 Å². The summed E-state index contributed by atoms with van der Waals surface area (Å²) < 4.78 is 28.2. The van der Waals surface area contributed by atoms with E-state index in [9.17, 15) is 13.2 Å². The van der Waals surface area contributed by atoms with Crippen LogP contribution in [-0.4, -0.2) is 39.0 Å². The fourth-order valence-electron chi connectivity index (χ4n) is 4.95. The Hall–Kier alpha value is -3.20. The summed E-state index contributed by atoms with van der Waals surface area (Å²) in [6, 6.07) is 9.34. The van der Waals surface area contributed by atoms with Crippen LogP contribution in [0.3, 0.4) is 0 Å². The summed E-state index contributed by atoms with van der Waals surface area (Å²) in [5, 5.41) is 8.86. The third-order valence-corrected chi connectivity index (χ3v) is 7.43. The summed E-state index contributed by atoms with van der Waals surface area (Å²) >= 11 is 0. The summed E-state index contributed by atoms with van der Waals surface area (Å²) in [7, 11) is -1.59. The predicted molar refractivity (Wildman–Crippen MR) is 117 cm³/mol. The van der Waals surface area contributed by atoms with Gasteiger partial charge in [-0.2, -0.15) is 0 Å². The molecule has 1 aliphatic carbocycles. The lowest BCUT2D eigenvalue weighted by atomic mass is 9.58. The van der Waals surface area contributed by atoms with E-state index < -0.39 is 9.84 Å². The molecule has 1 fully saturated rings. The summed E-state index contributed by atoms with van der Waals surface area (Å²) in [4.78, 5) is 16.2. The molecule has 4 aromatic rings. The zero-order valence-corrected chi connectivity index (χ0v) is 18.3. The molecule has 0 aliphatic heterocycles. The highest BCUT2D eigenvalue weighted by Crippen LogP contribution is 2.51. The van der Waals surface area contributed by atoms with Crippen LogP contribution in [0.5, 0.6) is 0 Å². The SMILES string of the molecule is Cn1cnnc1[C@]1(c2cccc(-n3cc(S(C)(=O)=O)c4cc[nH]c4c3=O)c2)C[C@H](C)C1. The Labute approximate surface area is 179 Å². The van der Waals surface area contributed by atoms with Crippen LogP contribution in [0.4, 0.5) is 0 Å². The number of aryl methyl sites for hydroxylation is 1. The van der Waals surface area contributed by atoms with Crippen molar-refractivity contribution in [2.45, 2.75) is 30.1 Å². The number of sulfone groups is 1. The van der Waals surface area contributed by atoms with Crippen molar-refractivity contribution in [3.05, 3.63) is 70.8 Å². The molecule has 3 heterocycles. The second-order valence-electron chi connectivity index (χ2n) is 8.62. The normalized spacial score (nSPS) is 21.3. The third-order valence-electron chi connectivity index (χ3n) is 6.30. The summed E-state index contributed by atoms with van der Waals surface area (Å²) in [6.45, 7) is 2.21. The molecule has 0 spiro atoms. The van der Waals surface area contributed by atoms with Gasteiger partial charge < -0.3 is 9.55 Å². The summed E-state index contributed by atoms with van der Waals surface area (Å²) in [6.07, 6.45) is 7.72. The molecule has 8 nitrogen and oxygen atoms in total. The highest BCUT2D eigenvalue weighted by molar-refractivity contribution is 7.91. The van der Waals surface area contributed by atoms with Gasteiger partial charge in [0.25, 0.3) is 5.56 Å². The fraction of sp³-hybridized carbons (Fsp3) is 0.318. The van der Waals surface area contributed by atoms with Gasteiger partial charge in [0.1, 0.15) is 17.7 Å². The summed E-state index contributed by atoms with van der Waals surface area (Å²) in [5.41, 5.74) is 1.36. The molecule has 1 saturated carbocycles. The molecule has 0 saturated heterocycles. The number of pyridine rings is 1. The van der Waals surface area contributed by atoms with Crippen molar-refractivity contribution < 1.29 is 8.42 Å². The van der Waals surface area contributed by atoms with E-state index in [2.05, 4.69) is 22.1 Å². The Morgan fingerprint density at radius 2 is 2.00 bits per heavy atom. The van der Waals surface area contributed by atoms with E-state index >= 15 is 0 Å². The fourth-order valence-corrected chi connectivity index (χ4v) is 5.82. The molecule has 0 radical (unpaired) electrons. The molecule has 9 heteroatoms. The number of rotatable bonds is 4. The number of aromatic amines is 1.